The molecule has 10 nitrogen and oxygen atoms in total. The highest BCUT2D eigenvalue weighted by atomic mass is 32.2. The molecule has 0 aromatic carbocycles. The van der Waals surface area contributed by atoms with Crippen molar-refractivity contribution in [2.75, 3.05) is 42.2 Å². The van der Waals surface area contributed by atoms with Crippen molar-refractivity contribution in [3.05, 3.63) is 36.5 Å². The minimum Gasteiger partial charge on any atom is -0.474 e. The molecule has 1 saturated carbocycles. The van der Waals surface area contributed by atoms with Gasteiger partial charge in [0.1, 0.15) is 11.9 Å². The van der Waals surface area contributed by atoms with Gasteiger partial charge in [0.25, 0.3) is 0 Å². The lowest BCUT2D eigenvalue weighted by Gasteiger charge is -2.30. The predicted octanol–water partition coefficient (Wildman–Crippen LogP) is 2.74. The molecule has 12 heteroatoms. The largest absolute Gasteiger partial charge is 0.474 e. The van der Waals surface area contributed by atoms with E-state index in [4.69, 9.17) is 14.5 Å². The van der Waals surface area contributed by atoms with Gasteiger partial charge >= 0.3 is 0 Å². The summed E-state index contributed by atoms with van der Waals surface area (Å²) in [7, 11) is -3.45. The van der Waals surface area contributed by atoms with Crippen molar-refractivity contribution in [1.82, 2.24) is 19.7 Å². The Hall–Kier alpha value is -2.99. The van der Waals surface area contributed by atoms with E-state index in [2.05, 4.69) is 19.7 Å². The van der Waals surface area contributed by atoms with E-state index in [-0.39, 0.29) is 18.0 Å². The molecule has 0 radical (unpaired) electrons. The quantitative estimate of drug-likeness (QED) is 0.562. The Morgan fingerprint density at radius 1 is 1.15 bits per heavy atom. The van der Waals surface area contributed by atoms with Crippen LogP contribution in [-0.4, -0.2) is 66.8 Å². The average molecular weight is 491 g/mol. The van der Waals surface area contributed by atoms with E-state index in [1.807, 2.05) is 6.07 Å². The van der Waals surface area contributed by atoms with Gasteiger partial charge in [-0.25, -0.2) is 12.8 Å². The predicted molar refractivity (Wildman–Crippen MR) is 125 cm³/mol. The van der Waals surface area contributed by atoms with Gasteiger partial charge in [0.15, 0.2) is 5.82 Å². The van der Waals surface area contributed by atoms with E-state index in [9.17, 15) is 12.8 Å². The third-order valence-corrected chi connectivity index (χ3v) is 6.74. The van der Waals surface area contributed by atoms with Crippen LogP contribution in [0.3, 0.4) is 0 Å². The minimum absolute atomic E-state index is 0.0705. The van der Waals surface area contributed by atoms with Crippen LogP contribution in [0.15, 0.2) is 30.7 Å². The average Bonchev–Trinajstić information content (AvgIpc) is 3.25. The number of hydrogen-bond donors (Lipinski definition) is 1. The summed E-state index contributed by atoms with van der Waals surface area (Å²) in [6.45, 7) is 2.69. The number of halogens is 1. The molecule has 3 aromatic rings. The number of nitrogens with zero attached hydrogens (tertiary/aromatic N) is 5. The smallest absolute Gasteiger partial charge is 0.229 e. The maximum atomic E-state index is 13.3. The van der Waals surface area contributed by atoms with Gasteiger partial charge in [0.2, 0.25) is 15.9 Å². The van der Waals surface area contributed by atoms with E-state index < -0.39 is 10.0 Å². The first-order valence-electron chi connectivity index (χ1n) is 11.3. The van der Waals surface area contributed by atoms with Gasteiger partial charge in [-0.1, -0.05) is 0 Å². The molecule has 4 heterocycles. The molecule has 0 spiro atoms. The molecular weight excluding hydrogens is 463 g/mol. The van der Waals surface area contributed by atoms with E-state index in [0.29, 0.717) is 35.7 Å². The standard InChI is InChI=1S/C22H27FN6O4S/c1-34(30,31)27-16-10-19-20(24-13-16)11-21(28-6-8-32-9-7-28)26-22(19)33-18-4-2-17(3-5-18)29-14-15(23)12-25-29/h10-14,17-18,27H,2-9H2,1H3. The number of aromatic nitrogens is 4. The van der Waals surface area contributed by atoms with Crippen molar-refractivity contribution in [1.29, 1.82) is 0 Å². The maximum Gasteiger partial charge on any atom is 0.229 e. The van der Waals surface area contributed by atoms with E-state index in [1.165, 1.54) is 18.6 Å². The molecule has 182 valence electrons. The van der Waals surface area contributed by atoms with Crippen molar-refractivity contribution >= 4 is 32.4 Å². The van der Waals surface area contributed by atoms with Crippen LogP contribution in [-0.2, 0) is 14.8 Å². The second kappa shape index (κ2) is 9.34. The fourth-order valence-electron chi connectivity index (χ4n) is 4.49. The lowest BCUT2D eigenvalue weighted by molar-refractivity contribution is 0.120. The fraction of sp³-hybridized carbons (Fsp3) is 0.500. The third-order valence-electron chi connectivity index (χ3n) is 6.14. The van der Waals surface area contributed by atoms with Crippen LogP contribution in [0.25, 0.3) is 10.9 Å². The Balaban J connectivity index is 1.41. The second-order valence-electron chi connectivity index (χ2n) is 8.74. The first kappa shape index (κ1) is 22.8. The normalized spacial score (nSPS) is 21.5. The van der Waals surface area contributed by atoms with E-state index >= 15 is 0 Å². The summed E-state index contributed by atoms with van der Waals surface area (Å²) in [5.41, 5.74) is 1.02. The van der Waals surface area contributed by atoms with Crippen molar-refractivity contribution < 1.29 is 22.3 Å². The number of ether oxygens (including phenoxy) is 2. The minimum atomic E-state index is -3.45. The first-order chi connectivity index (χ1) is 16.3. The highest BCUT2D eigenvalue weighted by Gasteiger charge is 2.26. The van der Waals surface area contributed by atoms with Gasteiger partial charge in [-0.3, -0.25) is 14.4 Å². The molecule has 1 saturated heterocycles. The van der Waals surface area contributed by atoms with Gasteiger partial charge in [-0.2, -0.15) is 10.1 Å². The Morgan fingerprint density at radius 3 is 2.59 bits per heavy atom. The van der Waals surface area contributed by atoms with Crippen LogP contribution in [0.4, 0.5) is 15.9 Å². The number of rotatable bonds is 6. The van der Waals surface area contributed by atoms with Crippen LogP contribution in [0.2, 0.25) is 0 Å². The molecule has 0 unspecified atom stereocenters. The van der Waals surface area contributed by atoms with Crippen molar-refractivity contribution in [2.45, 2.75) is 37.8 Å². The zero-order chi connectivity index (χ0) is 23.7. The number of sulfonamides is 1. The highest BCUT2D eigenvalue weighted by Crippen LogP contribution is 2.34. The monoisotopic (exact) mass is 490 g/mol. The molecule has 34 heavy (non-hydrogen) atoms. The molecule has 1 aliphatic carbocycles. The summed E-state index contributed by atoms with van der Waals surface area (Å²) in [6, 6.07) is 3.73. The topological polar surface area (TPSA) is 111 Å². The molecule has 0 bridgehead atoms. The van der Waals surface area contributed by atoms with Gasteiger partial charge in [0.05, 0.1) is 60.7 Å². The number of morpholine rings is 1. The third kappa shape index (κ3) is 5.22. The van der Waals surface area contributed by atoms with Gasteiger partial charge in [0, 0.05) is 19.2 Å². The van der Waals surface area contributed by atoms with E-state index in [1.54, 1.807) is 10.7 Å². The molecular formula is C22H27FN6O4S. The molecule has 5 rings (SSSR count). The van der Waals surface area contributed by atoms with Crippen molar-refractivity contribution in [2.24, 2.45) is 0 Å². The summed E-state index contributed by atoms with van der Waals surface area (Å²) in [6.07, 6.45) is 8.33. The molecule has 1 aliphatic heterocycles. The first-order valence-corrected chi connectivity index (χ1v) is 13.2. The van der Waals surface area contributed by atoms with Crippen molar-refractivity contribution in [3.8, 4) is 5.88 Å². The summed E-state index contributed by atoms with van der Waals surface area (Å²) >= 11 is 0. The number of anilines is 2. The maximum absolute atomic E-state index is 13.3. The zero-order valence-corrected chi connectivity index (χ0v) is 19.7. The summed E-state index contributed by atoms with van der Waals surface area (Å²) in [5, 5.41) is 4.74. The fourth-order valence-corrected chi connectivity index (χ4v) is 5.03. The summed E-state index contributed by atoms with van der Waals surface area (Å²) in [5.74, 6) is 0.847. The molecule has 3 aromatic heterocycles. The number of nitrogens with one attached hydrogen (secondary N) is 1. The lowest BCUT2D eigenvalue weighted by atomic mass is 9.93. The van der Waals surface area contributed by atoms with Gasteiger partial charge < -0.3 is 14.4 Å². The van der Waals surface area contributed by atoms with Crippen molar-refractivity contribution in [3.63, 3.8) is 0 Å². The van der Waals surface area contributed by atoms with Crippen LogP contribution in [0.5, 0.6) is 5.88 Å². The number of fused-ring (bicyclic) bond motifs is 1. The Morgan fingerprint density at radius 2 is 1.91 bits per heavy atom. The van der Waals surface area contributed by atoms with Gasteiger partial charge in [-0.05, 0) is 31.7 Å². The van der Waals surface area contributed by atoms with Crippen LogP contribution >= 0.6 is 0 Å². The number of pyridine rings is 2. The molecule has 2 aliphatic rings. The summed E-state index contributed by atoms with van der Waals surface area (Å²) in [4.78, 5) is 11.4. The number of hydrogen-bond acceptors (Lipinski definition) is 8. The lowest BCUT2D eigenvalue weighted by Crippen LogP contribution is -2.36. The molecule has 0 amide bonds. The zero-order valence-electron chi connectivity index (χ0n) is 18.9. The van der Waals surface area contributed by atoms with Gasteiger partial charge in [-0.15, -0.1) is 0 Å². The van der Waals surface area contributed by atoms with Crippen LogP contribution in [0, 0.1) is 5.82 Å². The SMILES string of the molecule is CS(=O)(=O)Nc1cnc2cc(N3CCOCC3)nc(OC3CCC(n4cc(F)cn4)CC3)c2c1. The van der Waals surface area contributed by atoms with Crippen LogP contribution < -0.4 is 14.4 Å². The summed E-state index contributed by atoms with van der Waals surface area (Å²) < 4.78 is 52.8. The second-order valence-corrected chi connectivity index (χ2v) is 10.5. The van der Waals surface area contributed by atoms with Crippen LogP contribution in [0.1, 0.15) is 31.7 Å². The Labute approximate surface area is 197 Å². The Bertz CT molecular complexity index is 1270. The molecule has 1 N–H and O–H groups in total. The Kier molecular flexibility index (Phi) is 6.26. The molecule has 2 fully saturated rings. The molecule has 0 atom stereocenters. The van der Waals surface area contributed by atoms with E-state index in [0.717, 1.165) is 50.8 Å². The highest BCUT2D eigenvalue weighted by molar-refractivity contribution is 7.92.